The molecule has 25 heavy (non-hydrogen) atoms. The Morgan fingerprint density at radius 2 is 1.88 bits per heavy atom. The van der Waals surface area contributed by atoms with Gasteiger partial charge in [0.25, 0.3) is 0 Å². The summed E-state index contributed by atoms with van der Waals surface area (Å²) in [6.07, 6.45) is 4.46. The molecule has 7 nitrogen and oxygen atoms in total. The van der Waals surface area contributed by atoms with Crippen LogP contribution in [0.3, 0.4) is 0 Å². The van der Waals surface area contributed by atoms with Crippen LogP contribution in [0.5, 0.6) is 5.75 Å². The van der Waals surface area contributed by atoms with Crippen LogP contribution < -0.4 is 14.4 Å². The van der Waals surface area contributed by atoms with Gasteiger partial charge in [0, 0.05) is 6.54 Å². The Bertz CT molecular complexity index is 655. The zero-order valence-electron chi connectivity index (χ0n) is 14.9. The molecule has 8 heteroatoms. The summed E-state index contributed by atoms with van der Waals surface area (Å²) in [5, 5.41) is 2.81. The molecule has 0 bridgehead atoms. The van der Waals surface area contributed by atoms with Gasteiger partial charge in [-0.25, -0.2) is 8.42 Å². The maximum Gasteiger partial charge on any atom is 0.240 e. The van der Waals surface area contributed by atoms with E-state index in [9.17, 15) is 13.2 Å². The van der Waals surface area contributed by atoms with Crippen molar-refractivity contribution in [3.63, 3.8) is 0 Å². The molecule has 1 amide bonds. The minimum absolute atomic E-state index is 0.227. The molecule has 140 valence electrons. The molecule has 1 aliphatic rings. The van der Waals surface area contributed by atoms with E-state index in [1.165, 1.54) is 12.8 Å². The fourth-order valence-corrected chi connectivity index (χ4v) is 3.73. The summed E-state index contributed by atoms with van der Waals surface area (Å²) in [4.78, 5) is 14.5. The average Bonchev–Trinajstić information content (AvgIpc) is 3.09. The van der Waals surface area contributed by atoms with E-state index in [0.29, 0.717) is 18.0 Å². The number of ether oxygens (including phenoxy) is 1. The van der Waals surface area contributed by atoms with Crippen molar-refractivity contribution in [1.82, 2.24) is 10.2 Å². The summed E-state index contributed by atoms with van der Waals surface area (Å²) in [5.41, 5.74) is 0.440. The number of likely N-dealkylation sites (tertiary alicyclic amines) is 1. The monoisotopic (exact) mass is 369 g/mol. The van der Waals surface area contributed by atoms with E-state index in [1.807, 2.05) is 0 Å². The van der Waals surface area contributed by atoms with Gasteiger partial charge in [-0.15, -0.1) is 0 Å². The smallest absolute Gasteiger partial charge is 0.240 e. The third-order valence-corrected chi connectivity index (χ3v) is 5.36. The summed E-state index contributed by atoms with van der Waals surface area (Å²) in [7, 11) is -2.01. The van der Waals surface area contributed by atoms with Gasteiger partial charge in [-0.05, 0) is 63.2 Å². The normalized spacial score (nSPS) is 15.1. The predicted molar refractivity (Wildman–Crippen MR) is 98.5 cm³/mol. The first-order valence-corrected chi connectivity index (χ1v) is 10.4. The van der Waals surface area contributed by atoms with Gasteiger partial charge in [0.15, 0.2) is 0 Å². The summed E-state index contributed by atoms with van der Waals surface area (Å²) < 4.78 is 30.2. The van der Waals surface area contributed by atoms with Crippen molar-refractivity contribution in [1.29, 1.82) is 0 Å². The second kappa shape index (κ2) is 9.05. The SMILES string of the molecule is COc1ccc(N(CC(=O)NCCCN2CCCC2)S(C)(=O)=O)cc1. The summed E-state index contributed by atoms with van der Waals surface area (Å²) >= 11 is 0. The van der Waals surface area contributed by atoms with Crippen LogP contribution in [0.1, 0.15) is 19.3 Å². The second-order valence-corrected chi connectivity index (χ2v) is 8.13. The molecule has 1 aromatic carbocycles. The van der Waals surface area contributed by atoms with E-state index in [2.05, 4.69) is 10.2 Å². The molecular weight excluding hydrogens is 342 g/mol. The topological polar surface area (TPSA) is 79.0 Å². The number of carbonyl (C=O) groups excluding carboxylic acids is 1. The van der Waals surface area contributed by atoms with Crippen molar-refractivity contribution in [3.8, 4) is 5.75 Å². The highest BCUT2D eigenvalue weighted by molar-refractivity contribution is 7.92. The zero-order chi connectivity index (χ0) is 18.3. The number of sulfonamides is 1. The standard InChI is InChI=1S/C17H27N3O4S/c1-24-16-8-6-15(7-9-16)20(25(2,22)23)14-17(21)18-10-5-13-19-11-3-4-12-19/h6-9H,3-5,10-14H2,1-2H3,(H,18,21). The number of benzene rings is 1. The summed E-state index contributed by atoms with van der Waals surface area (Å²) in [5.74, 6) is 0.325. The number of nitrogens with one attached hydrogen (secondary N) is 1. The van der Waals surface area contributed by atoms with Gasteiger partial charge in [0.05, 0.1) is 19.1 Å². The molecule has 1 N–H and O–H groups in total. The first-order valence-electron chi connectivity index (χ1n) is 8.51. The van der Waals surface area contributed by atoms with Crippen LogP contribution in [-0.4, -0.2) is 65.3 Å². The third kappa shape index (κ3) is 6.21. The molecule has 0 aromatic heterocycles. The fourth-order valence-electron chi connectivity index (χ4n) is 2.87. The van der Waals surface area contributed by atoms with Gasteiger partial charge >= 0.3 is 0 Å². The molecule has 1 aliphatic heterocycles. The lowest BCUT2D eigenvalue weighted by Crippen LogP contribution is -2.41. The van der Waals surface area contributed by atoms with E-state index >= 15 is 0 Å². The highest BCUT2D eigenvalue weighted by atomic mass is 32.2. The van der Waals surface area contributed by atoms with Crippen molar-refractivity contribution in [2.45, 2.75) is 19.3 Å². The van der Waals surface area contributed by atoms with Crippen molar-refractivity contribution in [3.05, 3.63) is 24.3 Å². The van der Waals surface area contributed by atoms with Crippen LogP contribution in [0.4, 0.5) is 5.69 Å². The Kier molecular flexibility index (Phi) is 7.07. The number of nitrogens with zero attached hydrogens (tertiary/aromatic N) is 2. The zero-order valence-corrected chi connectivity index (χ0v) is 15.7. The van der Waals surface area contributed by atoms with Crippen molar-refractivity contribution < 1.29 is 17.9 Å². The molecular formula is C17H27N3O4S. The van der Waals surface area contributed by atoms with Crippen LogP contribution in [0.15, 0.2) is 24.3 Å². The van der Waals surface area contributed by atoms with Crippen LogP contribution in [0.2, 0.25) is 0 Å². The number of carbonyl (C=O) groups is 1. The number of methoxy groups -OCH3 is 1. The highest BCUT2D eigenvalue weighted by Crippen LogP contribution is 2.21. The van der Waals surface area contributed by atoms with Gasteiger partial charge < -0.3 is 15.0 Å². The Hall–Kier alpha value is -1.80. The van der Waals surface area contributed by atoms with E-state index in [0.717, 1.165) is 36.6 Å². The molecule has 0 saturated carbocycles. The first-order chi connectivity index (χ1) is 11.9. The Labute approximate surface area is 150 Å². The van der Waals surface area contributed by atoms with Gasteiger partial charge in [0.1, 0.15) is 12.3 Å². The van der Waals surface area contributed by atoms with Crippen LogP contribution in [0, 0.1) is 0 Å². The Morgan fingerprint density at radius 1 is 1.24 bits per heavy atom. The lowest BCUT2D eigenvalue weighted by atomic mass is 10.3. The van der Waals surface area contributed by atoms with Crippen molar-refractivity contribution >= 4 is 21.6 Å². The van der Waals surface area contributed by atoms with E-state index in [-0.39, 0.29) is 12.5 Å². The summed E-state index contributed by atoms with van der Waals surface area (Å²) in [6, 6.07) is 6.59. The van der Waals surface area contributed by atoms with Crippen molar-refractivity contribution in [2.75, 3.05) is 50.4 Å². The Balaban J connectivity index is 1.86. The molecule has 0 aliphatic carbocycles. The van der Waals surface area contributed by atoms with Gasteiger partial charge in [-0.1, -0.05) is 0 Å². The molecule has 1 saturated heterocycles. The molecule has 1 aromatic rings. The largest absolute Gasteiger partial charge is 0.497 e. The minimum Gasteiger partial charge on any atom is -0.497 e. The molecule has 0 radical (unpaired) electrons. The average molecular weight is 369 g/mol. The van der Waals surface area contributed by atoms with Crippen LogP contribution in [0.25, 0.3) is 0 Å². The number of amides is 1. The van der Waals surface area contributed by atoms with Crippen LogP contribution >= 0.6 is 0 Å². The summed E-state index contributed by atoms with van der Waals surface area (Å²) in [6.45, 7) is 3.56. The van der Waals surface area contributed by atoms with E-state index in [1.54, 1.807) is 31.4 Å². The Morgan fingerprint density at radius 3 is 2.44 bits per heavy atom. The quantitative estimate of drug-likeness (QED) is 0.659. The lowest BCUT2D eigenvalue weighted by Gasteiger charge is -2.22. The van der Waals surface area contributed by atoms with Gasteiger partial charge in [-0.2, -0.15) is 0 Å². The fraction of sp³-hybridized carbons (Fsp3) is 0.588. The van der Waals surface area contributed by atoms with Crippen LogP contribution in [-0.2, 0) is 14.8 Å². The van der Waals surface area contributed by atoms with E-state index in [4.69, 9.17) is 4.74 Å². The third-order valence-electron chi connectivity index (χ3n) is 4.22. The molecule has 2 rings (SSSR count). The molecule has 0 atom stereocenters. The highest BCUT2D eigenvalue weighted by Gasteiger charge is 2.20. The predicted octanol–water partition coefficient (Wildman–Crippen LogP) is 1.06. The first kappa shape index (κ1) is 19.5. The molecule has 1 heterocycles. The number of rotatable bonds is 9. The number of hydrogen-bond acceptors (Lipinski definition) is 5. The maximum atomic E-state index is 12.1. The molecule has 0 spiro atoms. The minimum atomic E-state index is -3.55. The number of anilines is 1. The molecule has 1 fully saturated rings. The van der Waals surface area contributed by atoms with Crippen molar-refractivity contribution in [2.24, 2.45) is 0 Å². The maximum absolute atomic E-state index is 12.1. The number of hydrogen-bond donors (Lipinski definition) is 1. The molecule has 0 unspecified atom stereocenters. The van der Waals surface area contributed by atoms with Gasteiger partial charge in [0.2, 0.25) is 15.9 Å². The van der Waals surface area contributed by atoms with Gasteiger partial charge in [-0.3, -0.25) is 9.10 Å². The van der Waals surface area contributed by atoms with E-state index < -0.39 is 10.0 Å². The lowest BCUT2D eigenvalue weighted by molar-refractivity contribution is -0.119. The second-order valence-electron chi connectivity index (χ2n) is 6.22.